The lowest BCUT2D eigenvalue weighted by Gasteiger charge is -2.28. The van der Waals surface area contributed by atoms with E-state index in [4.69, 9.17) is 0 Å². The molecule has 164 valence electrons. The highest BCUT2D eigenvalue weighted by atomic mass is 19.4. The van der Waals surface area contributed by atoms with Crippen LogP contribution < -0.4 is 9.80 Å². The topological polar surface area (TPSA) is 53.5 Å². The van der Waals surface area contributed by atoms with Crippen molar-refractivity contribution in [2.24, 2.45) is 0 Å². The number of anilines is 2. The highest BCUT2D eigenvalue weighted by Crippen LogP contribution is 2.40. The smallest absolute Gasteiger partial charge is 0.313 e. The number of hydrogen-bond acceptors (Lipinski definition) is 3. The number of carbonyl (C=O) groups excluding carboxylic acids is 2. The third-order valence-corrected chi connectivity index (χ3v) is 5.43. The first-order chi connectivity index (χ1) is 15.1. The van der Waals surface area contributed by atoms with Gasteiger partial charge in [0.1, 0.15) is 11.9 Å². The van der Waals surface area contributed by atoms with Crippen LogP contribution in [-0.2, 0) is 11.0 Å². The molecule has 2 amide bonds. The second-order valence-electron chi connectivity index (χ2n) is 7.75. The maximum absolute atomic E-state index is 13.6. The third-order valence-electron chi connectivity index (χ3n) is 5.43. The number of rotatable bonds is 3. The molecule has 0 bridgehead atoms. The normalized spacial score (nSPS) is 15.6. The zero-order valence-corrected chi connectivity index (χ0v) is 17.6. The van der Waals surface area contributed by atoms with Gasteiger partial charge in [-0.1, -0.05) is 30.3 Å². The van der Waals surface area contributed by atoms with Crippen LogP contribution in [0, 0.1) is 13.8 Å². The van der Waals surface area contributed by atoms with Crippen LogP contribution in [0.4, 0.5) is 24.7 Å². The third kappa shape index (κ3) is 3.72. The molecule has 0 saturated carbocycles. The van der Waals surface area contributed by atoms with Gasteiger partial charge in [0, 0.05) is 24.0 Å². The van der Waals surface area contributed by atoms with Crippen molar-refractivity contribution in [2.75, 3.05) is 16.8 Å². The van der Waals surface area contributed by atoms with Gasteiger partial charge in [-0.05, 0) is 55.3 Å². The Morgan fingerprint density at radius 1 is 1.03 bits per heavy atom. The molecule has 1 aliphatic heterocycles. The predicted octanol–water partition coefficient (Wildman–Crippen LogP) is 5.08. The lowest BCUT2D eigenvalue weighted by atomic mass is 10.0. The van der Waals surface area contributed by atoms with Gasteiger partial charge < -0.3 is 4.90 Å². The maximum Gasteiger partial charge on any atom is 0.416 e. The fraction of sp³-hybridized carbons (Fsp3) is 0.208. The summed E-state index contributed by atoms with van der Waals surface area (Å²) in [5.74, 6) is -1.23. The average molecular weight is 439 g/mol. The number of pyridine rings is 1. The Morgan fingerprint density at radius 2 is 1.75 bits per heavy atom. The van der Waals surface area contributed by atoms with Crippen molar-refractivity contribution in [3.05, 3.63) is 88.6 Å². The van der Waals surface area contributed by atoms with E-state index in [-0.39, 0.29) is 17.1 Å². The van der Waals surface area contributed by atoms with E-state index in [0.29, 0.717) is 11.3 Å². The largest absolute Gasteiger partial charge is 0.416 e. The van der Waals surface area contributed by atoms with Crippen molar-refractivity contribution in [3.63, 3.8) is 0 Å². The van der Waals surface area contributed by atoms with Crippen molar-refractivity contribution in [1.82, 2.24) is 4.98 Å². The molecular weight excluding hydrogens is 419 g/mol. The molecule has 0 radical (unpaired) electrons. The zero-order chi connectivity index (χ0) is 23.2. The minimum Gasteiger partial charge on any atom is -0.313 e. The monoisotopic (exact) mass is 439 g/mol. The van der Waals surface area contributed by atoms with E-state index in [9.17, 15) is 22.8 Å². The summed E-state index contributed by atoms with van der Waals surface area (Å²) in [6.45, 7) is 3.31. The van der Waals surface area contributed by atoms with Crippen molar-refractivity contribution < 1.29 is 22.8 Å². The molecule has 2 heterocycles. The Kier molecular flexibility index (Phi) is 5.24. The molecule has 5 nitrogen and oxygen atoms in total. The van der Waals surface area contributed by atoms with Gasteiger partial charge in [-0.3, -0.25) is 14.5 Å². The Balaban J connectivity index is 1.84. The molecule has 0 saturated heterocycles. The van der Waals surface area contributed by atoms with Crippen LogP contribution in [0.2, 0.25) is 0 Å². The molecule has 0 fully saturated rings. The first-order valence-electron chi connectivity index (χ1n) is 9.90. The average Bonchev–Trinajstić information content (AvgIpc) is 3.04. The van der Waals surface area contributed by atoms with Crippen LogP contribution in [-0.4, -0.2) is 23.8 Å². The van der Waals surface area contributed by atoms with E-state index in [0.717, 1.165) is 22.6 Å². The van der Waals surface area contributed by atoms with E-state index >= 15 is 0 Å². The summed E-state index contributed by atoms with van der Waals surface area (Å²) in [7, 11) is 1.57. The zero-order valence-electron chi connectivity index (χ0n) is 17.6. The minimum absolute atomic E-state index is 0.0943. The van der Waals surface area contributed by atoms with Crippen LogP contribution >= 0.6 is 0 Å². The molecule has 3 aromatic rings. The molecule has 8 heteroatoms. The van der Waals surface area contributed by atoms with Crippen LogP contribution in [0.1, 0.15) is 38.8 Å². The number of alkyl halides is 3. The van der Waals surface area contributed by atoms with Crippen molar-refractivity contribution in [3.8, 4) is 0 Å². The molecule has 1 atom stereocenters. The Bertz CT molecular complexity index is 1220. The van der Waals surface area contributed by atoms with Gasteiger partial charge >= 0.3 is 6.18 Å². The number of fused-ring (bicyclic) bond motifs is 1. The second kappa shape index (κ2) is 7.78. The van der Waals surface area contributed by atoms with E-state index in [1.165, 1.54) is 11.8 Å². The van der Waals surface area contributed by atoms with Gasteiger partial charge in [0.05, 0.1) is 5.56 Å². The van der Waals surface area contributed by atoms with Gasteiger partial charge in [0.2, 0.25) is 0 Å². The molecule has 32 heavy (non-hydrogen) atoms. The van der Waals surface area contributed by atoms with E-state index in [1.807, 2.05) is 19.1 Å². The number of benzene rings is 2. The second-order valence-corrected chi connectivity index (χ2v) is 7.75. The van der Waals surface area contributed by atoms with Gasteiger partial charge in [-0.25, -0.2) is 4.98 Å². The molecule has 4 rings (SSSR count). The maximum atomic E-state index is 13.6. The number of carbonyl (C=O) groups is 2. The lowest BCUT2D eigenvalue weighted by Crippen LogP contribution is -2.41. The highest BCUT2D eigenvalue weighted by molar-refractivity contribution is 6.17. The molecular formula is C24H20F3N3O2. The molecule has 1 aromatic heterocycles. The fourth-order valence-electron chi connectivity index (χ4n) is 3.88. The van der Waals surface area contributed by atoms with E-state index < -0.39 is 29.6 Å². The van der Waals surface area contributed by atoms with Crippen molar-refractivity contribution >= 4 is 23.3 Å². The number of amides is 2. The summed E-state index contributed by atoms with van der Waals surface area (Å²) < 4.78 is 40.3. The molecule has 0 aliphatic carbocycles. The summed E-state index contributed by atoms with van der Waals surface area (Å²) in [5.41, 5.74) is 1.41. The standard InChI is InChI=1S/C24H20F3N3O2/c1-14-7-6-8-17(11-14)29(3)23(32)21-18-9-4-5-10-19(18)22(31)30(21)20-13-16(24(25,26)27)12-15(2)28-20/h4-13,21H,1-3H3/t21-/m1/s1. The molecule has 0 N–H and O–H groups in total. The number of halogens is 3. The summed E-state index contributed by atoms with van der Waals surface area (Å²) in [4.78, 5) is 33.5. The van der Waals surface area contributed by atoms with E-state index in [2.05, 4.69) is 4.98 Å². The SMILES string of the molecule is Cc1cccc(N(C)C(=O)[C@H]2c3ccccc3C(=O)N2c2cc(C(F)(F)F)cc(C)n2)c1. The van der Waals surface area contributed by atoms with Gasteiger partial charge in [-0.15, -0.1) is 0 Å². The first-order valence-corrected chi connectivity index (χ1v) is 9.90. The quantitative estimate of drug-likeness (QED) is 0.572. The van der Waals surface area contributed by atoms with Crippen LogP contribution in [0.5, 0.6) is 0 Å². The summed E-state index contributed by atoms with van der Waals surface area (Å²) >= 11 is 0. The number of nitrogens with zero attached hydrogens (tertiary/aromatic N) is 3. The molecule has 0 spiro atoms. The predicted molar refractivity (Wildman–Crippen MR) is 115 cm³/mol. The van der Waals surface area contributed by atoms with Gasteiger partial charge in [0.15, 0.2) is 0 Å². The molecule has 1 aliphatic rings. The lowest BCUT2D eigenvalue weighted by molar-refractivity contribution is -0.137. The Labute approximate surface area is 183 Å². The van der Waals surface area contributed by atoms with Gasteiger partial charge in [-0.2, -0.15) is 13.2 Å². The Morgan fingerprint density at radius 3 is 2.44 bits per heavy atom. The summed E-state index contributed by atoms with van der Waals surface area (Å²) in [6.07, 6.45) is -4.62. The van der Waals surface area contributed by atoms with E-state index in [1.54, 1.807) is 43.4 Å². The fourth-order valence-corrected chi connectivity index (χ4v) is 3.88. The first kappa shape index (κ1) is 21.5. The molecule has 0 unspecified atom stereocenters. The van der Waals surface area contributed by atoms with Gasteiger partial charge in [0.25, 0.3) is 11.8 Å². The number of aromatic nitrogens is 1. The van der Waals surface area contributed by atoms with Crippen LogP contribution in [0.25, 0.3) is 0 Å². The molecule has 2 aromatic carbocycles. The Hall–Kier alpha value is -3.68. The highest BCUT2D eigenvalue weighted by Gasteiger charge is 2.44. The summed E-state index contributed by atoms with van der Waals surface area (Å²) in [5, 5.41) is 0. The van der Waals surface area contributed by atoms with Crippen molar-refractivity contribution in [2.45, 2.75) is 26.1 Å². The summed E-state index contributed by atoms with van der Waals surface area (Å²) in [6, 6.07) is 14.4. The minimum atomic E-state index is -4.62. The van der Waals surface area contributed by atoms with Crippen molar-refractivity contribution in [1.29, 1.82) is 0 Å². The van der Waals surface area contributed by atoms with Crippen LogP contribution in [0.15, 0.2) is 60.7 Å². The van der Waals surface area contributed by atoms with Crippen LogP contribution in [0.3, 0.4) is 0 Å². The number of hydrogen-bond donors (Lipinski definition) is 0. The number of aryl methyl sites for hydroxylation is 2. The number of likely N-dealkylation sites (N-methyl/N-ethyl adjacent to an activating group) is 1.